The summed E-state index contributed by atoms with van der Waals surface area (Å²) in [5.41, 5.74) is 4.34. The molecule has 0 spiro atoms. The molecule has 0 aromatic heterocycles. The highest BCUT2D eigenvalue weighted by atomic mass is 35.5. The van der Waals surface area contributed by atoms with E-state index in [0.717, 1.165) is 30.4 Å². The molecule has 1 unspecified atom stereocenters. The number of benzene rings is 2. The fourth-order valence-electron chi connectivity index (χ4n) is 3.93. The Labute approximate surface area is 151 Å². The Morgan fingerprint density at radius 1 is 1.24 bits per heavy atom. The number of fused-ring (bicyclic) bond motifs is 2. The van der Waals surface area contributed by atoms with Crippen LogP contribution in [0, 0.1) is 0 Å². The van der Waals surface area contributed by atoms with Gasteiger partial charge in [-0.2, -0.15) is 0 Å². The molecule has 0 N–H and O–H groups in total. The van der Waals surface area contributed by atoms with E-state index in [1.165, 1.54) is 12.7 Å². The van der Waals surface area contributed by atoms with E-state index in [4.69, 9.17) is 16.3 Å². The zero-order valence-electron chi connectivity index (χ0n) is 13.9. The second kappa shape index (κ2) is 6.19. The average molecular weight is 356 g/mol. The van der Waals surface area contributed by atoms with Crippen molar-refractivity contribution in [2.75, 3.05) is 7.11 Å². The monoisotopic (exact) mass is 355 g/mol. The van der Waals surface area contributed by atoms with E-state index in [1.807, 2.05) is 29.2 Å². The van der Waals surface area contributed by atoms with Crippen LogP contribution in [0.2, 0.25) is 5.02 Å². The third-order valence-electron chi connectivity index (χ3n) is 5.14. The van der Waals surface area contributed by atoms with Crippen molar-refractivity contribution in [3.63, 3.8) is 0 Å². The highest BCUT2D eigenvalue weighted by Gasteiger charge is 2.36. The van der Waals surface area contributed by atoms with E-state index >= 15 is 0 Å². The smallest absolute Gasteiger partial charge is 0.337 e. The summed E-state index contributed by atoms with van der Waals surface area (Å²) in [5, 5.41) is 0.504. The molecule has 0 saturated carbocycles. The summed E-state index contributed by atoms with van der Waals surface area (Å²) in [7, 11) is 1.38. The van der Waals surface area contributed by atoms with E-state index in [0.29, 0.717) is 22.7 Å². The second-order valence-electron chi connectivity index (χ2n) is 6.52. The molecule has 1 amide bonds. The molecule has 1 aliphatic heterocycles. The van der Waals surface area contributed by atoms with Crippen molar-refractivity contribution >= 4 is 23.5 Å². The van der Waals surface area contributed by atoms with Crippen LogP contribution in [-0.2, 0) is 17.7 Å². The Morgan fingerprint density at radius 3 is 2.84 bits per heavy atom. The number of methoxy groups -OCH3 is 1. The topological polar surface area (TPSA) is 46.6 Å². The van der Waals surface area contributed by atoms with Gasteiger partial charge >= 0.3 is 5.97 Å². The molecule has 0 saturated heterocycles. The highest BCUT2D eigenvalue weighted by molar-refractivity contribution is 6.34. The standard InChI is InChI=1S/C20H18ClNO3/c1-25-20(24)13-9-8-12-4-3-7-17(15(12)10-13)22-11-14-5-2-6-16(21)18(14)19(22)23/h2,5-6,8-10,17H,3-4,7,11H2,1H3. The molecule has 4 nitrogen and oxygen atoms in total. The van der Waals surface area contributed by atoms with Crippen molar-refractivity contribution in [3.05, 3.63) is 69.2 Å². The molecule has 2 aromatic carbocycles. The lowest BCUT2D eigenvalue weighted by Gasteiger charge is -2.33. The SMILES string of the molecule is COC(=O)c1ccc2c(c1)C(N1Cc3cccc(Cl)c3C1=O)CCC2. The van der Waals surface area contributed by atoms with Gasteiger partial charge in [0.25, 0.3) is 5.91 Å². The third kappa shape index (κ3) is 2.61. The summed E-state index contributed by atoms with van der Waals surface area (Å²) in [6.07, 6.45) is 2.86. The van der Waals surface area contributed by atoms with Crippen LogP contribution in [0.15, 0.2) is 36.4 Å². The number of ether oxygens (including phenoxy) is 1. The Bertz CT molecular complexity index is 877. The van der Waals surface area contributed by atoms with Gasteiger partial charge in [-0.1, -0.05) is 29.8 Å². The lowest BCUT2D eigenvalue weighted by atomic mass is 9.85. The fraction of sp³-hybridized carbons (Fsp3) is 0.300. The van der Waals surface area contributed by atoms with Gasteiger partial charge in [-0.25, -0.2) is 4.79 Å². The quantitative estimate of drug-likeness (QED) is 0.760. The first-order valence-electron chi connectivity index (χ1n) is 8.39. The number of aryl methyl sites for hydroxylation is 1. The van der Waals surface area contributed by atoms with E-state index in [1.54, 1.807) is 12.1 Å². The number of esters is 1. The molecular formula is C20H18ClNO3. The van der Waals surface area contributed by atoms with Crippen molar-refractivity contribution in [2.24, 2.45) is 0 Å². The molecule has 5 heteroatoms. The van der Waals surface area contributed by atoms with Gasteiger partial charge in [0, 0.05) is 6.54 Å². The van der Waals surface area contributed by atoms with Gasteiger partial charge in [-0.15, -0.1) is 0 Å². The normalized spacial score (nSPS) is 18.7. The van der Waals surface area contributed by atoms with Gasteiger partial charge in [0.05, 0.1) is 29.3 Å². The summed E-state index contributed by atoms with van der Waals surface area (Å²) >= 11 is 6.25. The van der Waals surface area contributed by atoms with Crippen LogP contribution >= 0.6 is 11.6 Å². The van der Waals surface area contributed by atoms with Crippen molar-refractivity contribution in [3.8, 4) is 0 Å². The minimum Gasteiger partial charge on any atom is -0.465 e. The van der Waals surface area contributed by atoms with Crippen LogP contribution in [0.25, 0.3) is 0 Å². The second-order valence-corrected chi connectivity index (χ2v) is 6.93. The van der Waals surface area contributed by atoms with Crippen LogP contribution in [0.5, 0.6) is 0 Å². The van der Waals surface area contributed by atoms with Gasteiger partial charge in [-0.3, -0.25) is 4.79 Å². The molecule has 2 aromatic rings. The van der Waals surface area contributed by atoms with Crippen molar-refractivity contribution in [1.82, 2.24) is 4.90 Å². The number of hydrogen-bond donors (Lipinski definition) is 0. The largest absolute Gasteiger partial charge is 0.465 e. The summed E-state index contributed by atoms with van der Waals surface area (Å²) in [6.45, 7) is 0.557. The highest BCUT2D eigenvalue weighted by Crippen LogP contribution is 2.40. The molecule has 1 heterocycles. The fourth-order valence-corrected chi connectivity index (χ4v) is 4.21. The summed E-state index contributed by atoms with van der Waals surface area (Å²) in [6, 6.07) is 11.2. The average Bonchev–Trinajstić information content (AvgIpc) is 2.98. The predicted octanol–water partition coefficient (Wildman–Crippen LogP) is 4.16. The molecule has 128 valence electrons. The van der Waals surface area contributed by atoms with E-state index in [2.05, 4.69) is 0 Å². The van der Waals surface area contributed by atoms with Crippen LogP contribution in [0.4, 0.5) is 0 Å². The number of hydrogen-bond acceptors (Lipinski definition) is 3. The van der Waals surface area contributed by atoms with Crippen LogP contribution < -0.4 is 0 Å². The number of carbonyl (C=O) groups excluding carboxylic acids is 2. The Balaban J connectivity index is 1.73. The van der Waals surface area contributed by atoms with Crippen molar-refractivity contribution in [2.45, 2.75) is 31.8 Å². The summed E-state index contributed by atoms with van der Waals surface area (Å²) in [4.78, 5) is 26.7. The lowest BCUT2D eigenvalue weighted by molar-refractivity contribution is 0.0600. The van der Waals surface area contributed by atoms with Crippen molar-refractivity contribution < 1.29 is 14.3 Å². The van der Waals surface area contributed by atoms with Gasteiger partial charge in [0.1, 0.15) is 0 Å². The number of nitrogens with zero attached hydrogens (tertiary/aromatic N) is 1. The van der Waals surface area contributed by atoms with E-state index in [9.17, 15) is 9.59 Å². The molecule has 1 aliphatic carbocycles. The summed E-state index contributed by atoms with van der Waals surface area (Å²) < 4.78 is 4.84. The minimum atomic E-state index is -0.355. The first-order chi connectivity index (χ1) is 12.1. The maximum atomic E-state index is 13.0. The predicted molar refractivity (Wildman–Crippen MR) is 94.8 cm³/mol. The molecular weight excluding hydrogens is 338 g/mol. The van der Waals surface area contributed by atoms with Gasteiger partial charge < -0.3 is 9.64 Å². The number of rotatable bonds is 2. The molecule has 1 atom stereocenters. The Hall–Kier alpha value is -2.33. The van der Waals surface area contributed by atoms with E-state index in [-0.39, 0.29) is 17.9 Å². The van der Waals surface area contributed by atoms with Crippen LogP contribution in [0.3, 0.4) is 0 Å². The Kier molecular flexibility index (Phi) is 4.00. The van der Waals surface area contributed by atoms with Crippen LogP contribution in [0.1, 0.15) is 56.3 Å². The molecule has 4 rings (SSSR count). The maximum Gasteiger partial charge on any atom is 0.337 e. The van der Waals surface area contributed by atoms with Crippen LogP contribution in [-0.4, -0.2) is 23.9 Å². The molecule has 25 heavy (non-hydrogen) atoms. The molecule has 0 bridgehead atoms. The number of halogens is 1. The molecule has 0 fully saturated rings. The maximum absolute atomic E-state index is 13.0. The first-order valence-corrected chi connectivity index (χ1v) is 8.77. The molecule has 0 radical (unpaired) electrons. The van der Waals surface area contributed by atoms with E-state index < -0.39 is 0 Å². The molecule has 2 aliphatic rings. The zero-order chi connectivity index (χ0) is 17.6. The number of carbonyl (C=O) groups is 2. The lowest BCUT2D eigenvalue weighted by Crippen LogP contribution is -2.32. The van der Waals surface area contributed by atoms with Crippen molar-refractivity contribution in [1.29, 1.82) is 0 Å². The summed E-state index contributed by atoms with van der Waals surface area (Å²) in [5.74, 6) is -0.381. The van der Waals surface area contributed by atoms with Gasteiger partial charge in [0.2, 0.25) is 0 Å². The Morgan fingerprint density at radius 2 is 2.08 bits per heavy atom. The number of amides is 1. The minimum absolute atomic E-state index is 0.0260. The zero-order valence-corrected chi connectivity index (χ0v) is 14.7. The van der Waals surface area contributed by atoms with Gasteiger partial charge in [-0.05, 0) is 54.2 Å². The van der Waals surface area contributed by atoms with Gasteiger partial charge in [0.15, 0.2) is 0 Å². The first kappa shape index (κ1) is 16.2. The third-order valence-corrected chi connectivity index (χ3v) is 5.46.